The van der Waals surface area contributed by atoms with Crippen LogP contribution in [0.15, 0.2) is 30.1 Å². The van der Waals surface area contributed by atoms with Crippen LogP contribution in [0.2, 0.25) is 0 Å². The van der Waals surface area contributed by atoms with E-state index in [0.717, 1.165) is 0 Å². The van der Waals surface area contributed by atoms with Crippen LogP contribution < -0.4 is 0 Å². The fraction of sp³-hybridized carbons (Fsp3) is 0.200. The van der Waals surface area contributed by atoms with Gasteiger partial charge in [-0.2, -0.15) is 21.6 Å². The third-order valence-electron chi connectivity index (χ3n) is 2.33. The fourth-order valence-corrected chi connectivity index (χ4v) is 2.03. The zero-order valence-electron chi connectivity index (χ0n) is 8.66. The van der Waals surface area contributed by atoms with Gasteiger partial charge >= 0.3 is 15.6 Å². The van der Waals surface area contributed by atoms with Crippen LogP contribution in [0.3, 0.4) is 0 Å². The van der Waals surface area contributed by atoms with Gasteiger partial charge in [0.2, 0.25) is 0 Å². The first-order valence-corrected chi connectivity index (χ1v) is 6.11. The lowest BCUT2D eigenvalue weighted by Crippen LogP contribution is -2.25. The largest absolute Gasteiger partial charge is 0.534 e. The smallest absolute Gasteiger partial charge is 0.373 e. The van der Waals surface area contributed by atoms with E-state index in [1.807, 2.05) is 0 Å². The summed E-state index contributed by atoms with van der Waals surface area (Å²) in [5.41, 5.74) is -5.19. The molecule has 0 heterocycles. The summed E-state index contributed by atoms with van der Waals surface area (Å²) in [6.45, 7) is 0. The van der Waals surface area contributed by atoms with Crippen molar-refractivity contribution in [1.82, 2.24) is 0 Å². The Hall–Kier alpha value is -1.57. The van der Waals surface area contributed by atoms with Crippen LogP contribution >= 0.6 is 0 Å². The lowest BCUT2D eigenvalue weighted by atomic mass is 10.1. The van der Waals surface area contributed by atoms with Gasteiger partial charge in [0.25, 0.3) is 0 Å². The number of fused-ring (bicyclic) bond motifs is 1. The summed E-state index contributed by atoms with van der Waals surface area (Å²) in [6, 6.07) is 5.78. The normalized spacial score (nSPS) is 15.8. The molecule has 0 bridgehead atoms. The van der Waals surface area contributed by atoms with Crippen molar-refractivity contribution >= 4 is 15.9 Å². The molecule has 0 aliphatic heterocycles. The van der Waals surface area contributed by atoms with Crippen molar-refractivity contribution in [2.45, 2.75) is 11.9 Å². The standard InChI is InChI=1S/C10H6F4O3S/c11-8-5-6-3-1-2-4-7(6)9(8)17-18(15,16)10(12,13)14/h1-4H,5H2. The third kappa shape index (κ3) is 2.07. The van der Waals surface area contributed by atoms with Crippen molar-refractivity contribution in [3.8, 4) is 0 Å². The Bertz CT molecular complexity index is 616. The van der Waals surface area contributed by atoms with E-state index in [4.69, 9.17) is 0 Å². The van der Waals surface area contributed by atoms with Crippen LogP contribution in [0, 0.1) is 0 Å². The summed E-state index contributed by atoms with van der Waals surface area (Å²) in [5, 5.41) is 0. The first-order valence-electron chi connectivity index (χ1n) is 4.70. The Morgan fingerprint density at radius 3 is 2.39 bits per heavy atom. The number of hydrogen-bond acceptors (Lipinski definition) is 3. The molecule has 98 valence electrons. The maximum atomic E-state index is 13.4. The van der Waals surface area contributed by atoms with Crippen molar-refractivity contribution < 1.29 is 30.2 Å². The van der Waals surface area contributed by atoms with E-state index in [0.29, 0.717) is 5.56 Å². The van der Waals surface area contributed by atoms with Gasteiger partial charge in [0, 0.05) is 12.0 Å². The Labute approximate surface area is 99.8 Å². The van der Waals surface area contributed by atoms with Crippen molar-refractivity contribution in [2.24, 2.45) is 0 Å². The lowest BCUT2D eigenvalue weighted by molar-refractivity contribution is -0.0509. The molecule has 0 radical (unpaired) electrons. The molecule has 0 unspecified atom stereocenters. The van der Waals surface area contributed by atoms with E-state index >= 15 is 0 Å². The number of hydrogen-bond donors (Lipinski definition) is 0. The van der Waals surface area contributed by atoms with E-state index in [-0.39, 0.29) is 12.0 Å². The predicted molar refractivity (Wildman–Crippen MR) is 54.2 cm³/mol. The first kappa shape index (κ1) is 12.9. The molecule has 1 aromatic rings. The Morgan fingerprint density at radius 1 is 1.17 bits per heavy atom. The molecular weight excluding hydrogens is 276 g/mol. The van der Waals surface area contributed by atoms with E-state index in [9.17, 15) is 26.0 Å². The Balaban J connectivity index is 2.40. The molecule has 0 saturated carbocycles. The van der Waals surface area contributed by atoms with Crippen molar-refractivity contribution in [3.05, 3.63) is 41.2 Å². The van der Waals surface area contributed by atoms with Gasteiger partial charge in [-0.15, -0.1) is 0 Å². The van der Waals surface area contributed by atoms with Gasteiger partial charge < -0.3 is 4.18 Å². The van der Waals surface area contributed by atoms with Crippen LogP contribution in [0.25, 0.3) is 5.76 Å². The monoisotopic (exact) mass is 282 g/mol. The molecule has 0 fully saturated rings. The molecule has 0 saturated heterocycles. The Kier molecular flexibility index (Phi) is 2.84. The highest BCUT2D eigenvalue weighted by molar-refractivity contribution is 7.87. The molecule has 0 aromatic heterocycles. The zero-order chi connectivity index (χ0) is 13.6. The Morgan fingerprint density at radius 2 is 1.78 bits per heavy atom. The minimum atomic E-state index is -5.85. The van der Waals surface area contributed by atoms with Gasteiger partial charge in [-0.25, -0.2) is 4.39 Å². The second kappa shape index (κ2) is 3.98. The van der Waals surface area contributed by atoms with Gasteiger partial charge in [-0.1, -0.05) is 24.3 Å². The maximum absolute atomic E-state index is 13.4. The van der Waals surface area contributed by atoms with Crippen LogP contribution in [0.4, 0.5) is 17.6 Å². The average molecular weight is 282 g/mol. The van der Waals surface area contributed by atoms with Gasteiger partial charge in [0.1, 0.15) is 5.83 Å². The lowest BCUT2D eigenvalue weighted by Gasteiger charge is -2.10. The molecule has 2 rings (SSSR count). The summed E-state index contributed by atoms with van der Waals surface area (Å²) >= 11 is 0. The number of rotatable bonds is 2. The molecule has 1 aliphatic rings. The molecule has 8 heteroatoms. The summed E-state index contributed by atoms with van der Waals surface area (Å²) < 4.78 is 75.3. The van der Waals surface area contributed by atoms with Gasteiger partial charge in [0.05, 0.1) is 0 Å². The van der Waals surface area contributed by atoms with E-state index < -0.39 is 27.2 Å². The highest BCUT2D eigenvalue weighted by Gasteiger charge is 2.49. The quantitative estimate of drug-likeness (QED) is 0.476. The average Bonchev–Trinajstić information content (AvgIpc) is 2.54. The number of benzene rings is 1. The number of allylic oxidation sites excluding steroid dienone is 1. The minimum absolute atomic E-state index is 0.0165. The van der Waals surface area contributed by atoms with Crippen LogP contribution in [0.5, 0.6) is 0 Å². The summed E-state index contributed by atoms with van der Waals surface area (Å²) in [4.78, 5) is 0. The van der Waals surface area contributed by atoms with E-state index in [1.165, 1.54) is 18.2 Å². The molecule has 0 atom stereocenters. The summed E-state index contributed by atoms with van der Waals surface area (Å²) in [5.74, 6) is -1.92. The van der Waals surface area contributed by atoms with E-state index in [2.05, 4.69) is 4.18 Å². The molecule has 18 heavy (non-hydrogen) atoms. The zero-order valence-corrected chi connectivity index (χ0v) is 9.48. The predicted octanol–water partition coefficient (Wildman–Crippen LogP) is 2.75. The second-order valence-corrected chi connectivity index (χ2v) is 5.09. The number of alkyl halides is 3. The topological polar surface area (TPSA) is 43.4 Å². The maximum Gasteiger partial charge on any atom is 0.534 e. The number of halogens is 4. The summed E-state index contributed by atoms with van der Waals surface area (Å²) in [7, 11) is -5.85. The minimum Gasteiger partial charge on any atom is -0.373 e. The molecule has 1 aromatic carbocycles. The second-order valence-electron chi connectivity index (χ2n) is 3.55. The van der Waals surface area contributed by atoms with E-state index in [1.54, 1.807) is 6.07 Å². The molecule has 3 nitrogen and oxygen atoms in total. The van der Waals surface area contributed by atoms with Crippen molar-refractivity contribution in [1.29, 1.82) is 0 Å². The molecular formula is C10H6F4O3S. The molecule has 0 amide bonds. The third-order valence-corrected chi connectivity index (χ3v) is 3.28. The molecule has 0 spiro atoms. The SMILES string of the molecule is O=S(=O)(OC1=C(F)Cc2ccccc21)C(F)(F)F. The van der Waals surface area contributed by atoms with Crippen molar-refractivity contribution in [3.63, 3.8) is 0 Å². The fourth-order valence-electron chi connectivity index (χ4n) is 1.54. The highest BCUT2D eigenvalue weighted by atomic mass is 32.2. The van der Waals surface area contributed by atoms with Gasteiger partial charge in [-0.05, 0) is 5.56 Å². The van der Waals surface area contributed by atoms with Crippen LogP contribution in [-0.2, 0) is 20.7 Å². The summed E-state index contributed by atoms with van der Waals surface area (Å²) in [6.07, 6.45) is -0.279. The molecule has 0 N–H and O–H groups in total. The first-order chi connectivity index (χ1) is 8.22. The van der Waals surface area contributed by atoms with Crippen molar-refractivity contribution in [2.75, 3.05) is 0 Å². The molecule has 1 aliphatic carbocycles. The highest BCUT2D eigenvalue weighted by Crippen LogP contribution is 2.38. The van der Waals surface area contributed by atoms with Gasteiger partial charge in [-0.3, -0.25) is 0 Å². The van der Waals surface area contributed by atoms with Crippen LogP contribution in [-0.4, -0.2) is 13.9 Å². The van der Waals surface area contributed by atoms with Gasteiger partial charge in [0.15, 0.2) is 5.76 Å². The van der Waals surface area contributed by atoms with Crippen LogP contribution in [0.1, 0.15) is 11.1 Å².